The number of aryl methyl sites for hydroxylation is 1. The minimum absolute atomic E-state index is 0.503. The van der Waals surface area contributed by atoms with Gasteiger partial charge in [0, 0.05) is 38.8 Å². The molecule has 1 atom stereocenters. The van der Waals surface area contributed by atoms with Crippen LogP contribution in [0.25, 0.3) is 67.9 Å². The van der Waals surface area contributed by atoms with E-state index in [1.807, 2.05) is 30.3 Å². The van der Waals surface area contributed by atoms with Gasteiger partial charge in [-0.1, -0.05) is 146 Å². The summed E-state index contributed by atoms with van der Waals surface area (Å²) in [5, 5.41) is 1.19. The molecule has 1 aliphatic heterocycles. The first-order valence-corrected chi connectivity index (χ1v) is 19.8. The van der Waals surface area contributed by atoms with Crippen LogP contribution >= 0.6 is 0 Å². The van der Waals surface area contributed by atoms with Gasteiger partial charge in [-0.25, -0.2) is 15.0 Å². The van der Waals surface area contributed by atoms with Crippen molar-refractivity contribution < 1.29 is 9.15 Å². The van der Waals surface area contributed by atoms with Crippen molar-refractivity contribution in [2.75, 3.05) is 0 Å². The molecule has 2 aromatic heterocycles. The highest BCUT2D eigenvalue weighted by Gasteiger charge is 2.52. The Labute approximate surface area is 330 Å². The van der Waals surface area contributed by atoms with Gasteiger partial charge in [-0.2, -0.15) is 0 Å². The first-order valence-electron chi connectivity index (χ1n) is 19.8. The molecule has 1 unspecified atom stereocenters. The molecule has 0 amide bonds. The molecule has 57 heavy (non-hydrogen) atoms. The zero-order chi connectivity index (χ0) is 37.5. The number of furan rings is 1. The van der Waals surface area contributed by atoms with E-state index in [-0.39, 0.29) is 0 Å². The molecule has 1 spiro atoms. The number of ether oxygens (including phenoxy) is 1. The summed E-state index contributed by atoms with van der Waals surface area (Å²) in [6.07, 6.45) is 12.9. The molecule has 5 nitrogen and oxygen atoms in total. The third kappa shape index (κ3) is 4.72. The fourth-order valence-electron chi connectivity index (χ4n) is 9.74. The smallest absolute Gasteiger partial charge is 0.167 e. The molecule has 12 rings (SSSR count). The van der Waals surface area contributed by atoms with Crippen molar-refractivity contribution in [3.63, 3.8) is 0 Å². The molecule has 8 aromatic rings. The van der Waals surface area contributed by atoms with E-state index < -0.39 is 5.41 Å². The van der Waals surface area contributed by atoms with E-state index in [9.17, 15) is 0 Å². The third-order valence-electron chi connectivity index (χ3n) is 12.2. The monoisotopic (exact) mass is 733 g/mol. The number of allylic oxidation sites excluding steroid dienone is 5. The average molecular weight is 734 g/mol. The lowest BCUT2D eigenvalue weighted by atomic mass is 9.64. The highest BCUT2D eigenvalue weighted by atomic mass is 16.5. The van der Waals surface area contributed by atoms with E-state index in [4.69, 9.17) is 24.1 Å². The van der Waals surface area contributed by atoms with Crippen LogP contribution in [0.3, 0.4) is 0 Å². The average Bonchev–Trinajstić information content (AvgIpc) is 3.81. The molecule has 0 saturated carbocycles. The van der Waals surface area contributed by atoms with Gasteiger partial charge in [0.2, 0.25) is 0 Å². The SMILES string of the molecule is C1=CC2=C(CC1)C1(c3ccccc3Oc3c(-c4nc(-c5ccccc5)nc(-c5ccc(-c6cccc7c8c(oc67)C=CCC8)cc5)n4)cccc31)c1ccccc12. The van der Waals surface area contributed by atoms with Crippen molar-refractivity contribution in [3.8, 4) is 56.8 Å². The number of hydrogen-bond acceptors (Lipinski definition) is 5. The fourth-order valence-corrected chi connectivity index (χ4v) is 9.74. The molecule has 3 aliphatic carbocycles. The number of para-hydroxylation sites is 3. The summed E-state index contributed by atoms with van der Waals surface area (Å²) in [6, 6.07) is 49.0. The van der Waals surface area contributed by atoms with E-state index in [1.54, 1.807) is 0 Å². The van der Waals surface area contributed by atoms with Crippen LogP contribution in [-0.4, -0.2) is 15.0 Å². The molecule has 0 fully saturated rings. The summed E-state index contributed by atoms with van der Waals surface area (Å²) < 4.78 is 13.4. The van der Waals surface area contributed by atoms with Gasteiger partial charge >= 0.3 is 0 Å². The molecule has 0 radical (unpaired) electrons. The Kier molecular flexibility index (Phi) is 7.03. The van der Waals surface area contributed by atoms with Crippen molar-refractivity contribution in [3.05, 3.63) is 197 Å². The largest absolute Gasteiger partial charge is 0.456 e. The third-order valence-corrected chi connectivity index (χ3v) is 12.2. The van der Waals surface area contributed by atoms with Crippen molar-refractivity contribution in [1.82, 2.24) is 15.0 Å². The van der Waals surface area contributed by atoms with Crippen LogP contribution < -0.4 is 4.74 Å². The molecular formula is C52H35N3O2. The standard InChI is InChI=1S/C52H35N3O2/c1-2-14-33(15-3-1)49-53-50(34-30-28-32(29-31-34)35-19-12-20-39-38-18-6-10-26-45(38)56-47(35)39)55-51(54-49)40-21-13-25-44-48(40)57-46-27-11-9-24-43(46)52(44)41-22-7-4-16-36(41)37-17-5-8-23-42(37)52/h1-5,7,9-17,19-22,24-31H,6,8,18,23H2. The van der Waals surface area contributed by atoms with E-state index in [2.05, 4.69) is 133 Å². The van der Waals surface area contributed by atoms with Crippen molar-refractivity contribution in [2.45, 2.75) is 31.1 Å². The number of benzene rings is 6. The minimum atomic E-state index is -0.503. The van der Waals surface area contributed by atoms with Crippen LogP contribution in [0.1, 0.15) is 52.8 Å². The summed E-state index contributed by atoms with van der Waals surface area (Å²) in [7, 11) is 0. The maximum Gasteiger partial charge on any atom is 0.167 e. The molecule has 0 saturated heterocycles. The lowest BCUT2D eigenvalue weighted by molar-refractivity contribution is 0.433. The molecule has 6 aromatic carbocycles. The van der Waals surface area contributed by atoms with Gasteiger partial charge in [0.15, 0.2) is 17.5 Å². The second-order valence-electron chi connectivity index (χ2n) is 15.2. The molecule has 4 aliphatic rings. The summed E-state index contributed by atoms with van der Waals surface area (Å²) >= 11 is 0. The van der Waals surface area contributed by atoms with E-state index in [0.717, 1.165) is 81.9 Å². The fraction of sp³-hybridized carbons (Fsp3) is 0.0962. The van der Waals surface area contributed by atoms with Crippen LogP contribution in [0.4, 0.5) is 0 Å². The van der Waals surface area contributed by atoms with E-state index in [0.29, 0.717) is 17.5 Å². The van der Waals surface area contributed by atoms with Gasteiger partial charge < -0.3 is 9.15 Å². The van der Waals surface area contributed by atoms with Crippen LogP contribution in [-0.2, 0) is 11.8 Å². The topological polar surface area (TPSA) is 61.0 Å². The zero-order valence-electron chi connectivity index (χ0n) is 31.1. The van der Waals surface area contributed by atoms with Gasteiger partial charge in [-0.15, -0.1) is 0 Å². The Hall–Kier alpha value is -7.11. The number of nitrogens with zero attached hydrogens (tertiary/aromatic N) is 3. The van der Waals surface area contributed by atoms with Gasteiger partial charge in [0.05, 0.1) is 11.0 Å². The maximum atomic E-state index is 7.01. The minimum Gasteiger partial charge on any atom is -0.456 e. The van der Waals surface area contributed by atoms with Crippen LogP contribution in [0.15, 0.2) is 168 Å². The maximum absolute atomic E-state index is 7.01. The Bertz CT molecular complexity index is 3040. The highest BCUT2D eigenvalue weighted by Crippen LogP contribution is 2.63. The molecule has 0 bridgehead atoms. The predicted molar refractivity (Wildman–Crippen MR) is 227 cm³/mol. The summed E-state index contributed by atoms with van der Waals surface area (Å²) in [4.78, 5) is 15.5. The van der Waals surface area contributed by atoms with Crippen molar-refractivity contribution in [1.29, 1.82) is 0 Å². The van der Waals surface area contributed by atoms with E-state index in [1.165, 1.54) is 38.8 Å². The first-order chi connectivity index (χ1) is 28.3. The second-order valence-corrected chi connectivity index (χ2v) is 15.2. The molecule has 5 heteroatoms. The Morgan fingerprint density at radius 1 is 0.491 bits per heavy atom. The highest BCUT2D eigenvalue weighted by molar-refractivity contribution is 5.97. The zero-order valence-corrected chi connectivity index (χ0v) is 31.1. The number of hydrogen-bond donors (Lipinski definition) is 0. The molecule has 0 N–H and O–H groups in total. The number of aromatic nitrogens is 3. The number of fused-ring (bicyclic) bond motifs is 11. The Balaban J connectivity index is 1.03. The van der Waals surface area contributed by atoms with Gasteiger partial charge in [-0.3, -0.25) is 0 Å². The normalized spacial score (nSPS) is 17.2. The molecule has 270 valence electrons. The van der Waals surface area contributed by atoms with Gasteiger partial charge in [0.1, 0.15) is 22.8 Å². The summed E-state index contributed by atoms with van der Waals surface area (Å²) in [5.41, 5.74) is 14.1. The van der Waals surface area contributed by atoms with Crippen molar-refractivity contribution >= 4 is 22.6 Å². The lowest BCUT2D eigenvalue weighted by Gasteiger charge is -2.41. The Morgan fingerprint density at radius 2 is 1.14 bits per heavy atom. The molecular weight excluding hydrogens is 699 g/mol. The molecule has 3 heterocycles. The lowest BCUT2D eigenvalue weighted by Crippen LogP contribution is -2.33. The predicted octanol–water partition coefficient (Wildman–Crippen LogP) is 12.8. The Morgan fingerprint density at radius 3 is 2.02 bits per heavy atom. The van der Waals surface area contributed by atoms with Crippen LogP contribution in [0.2, 0.25) is 0 Å². The van der Waals surface area contributed by atoms with Gasteiger partial charge in [-0.05, 0) is 71.7 Å². The second kappa shape index (κ2) is 12.5. The summed E-state index contributed by atoms with van der Waals surface area (Å²) in [6.45, 7) is 0. The number of rotatable bonds is 4. The first kappa shape index (κ1) is 32.2. The quantitative estimate of drug-likeness (QED) is 0.180. The van der Waals surface area contributed by atoms with Crippen LogP contribution in [0, 0.1) is 0 Å². The van der Waals surface area contributed by atoms with Crippen LogP contribution in [0.5, 0.6) is 11.5 Å². The van der Waals surface area contributed by atoms with E-state index >= 15 is 0 Å². The van der Waals surface area contributed by atoms with Gasteiger partial charge in [0.25, 0.3) is 0 Å². The summed E-state index contributed by atoms with van der Waals surface area (Å²) in [5.74, 6) is 4.38. The van der Waals surface area contributed by atoms with Crippen molar-refractivity contribution in [2.24, 2.45) is 0 Å².